The molecule has 1 amide bonds. The van der Waals surface area contributed by atoms with Crippen LogP contribution in [0.25, 0.3) is 0 Å². The highest BCUT2D eigenvalue weighted by atomic mass is 19.1. The maximum Gasteiger partial charge on any atom is 0.263 e. The van der Waals surface area contributed by atoms with Gasteiger partial charge in [0.25, 0.3) is 11.5 Å². The molecule has 7 heteroatoms. The molecule has 0 aliphatic heterocycles. The Morgan fingerprint density at radius 1 is 1.34 bits per heavy atom. The Balaban J connectivity index is 1.94. The zero-order valence-corrected chi connectivity index (χ0v) is 16.8. The second-order valence-electron chi connectivity index (χ2n) is 7.32. The van der Waals surface area contributed by atoms with Crippen LogP contribution in [0.3, 0.4) is 0 Å². The van der Waals surface area contributed by atoms with Gasteiger partial charge in [-0.15, -0.1) is 0 Å². The van der Waals surface area contributed by atoms with Gasteiger partial charge in [0, 0.05) is 37.4 Å². The summed E-state index contributed by atoms with van der Waals surface area (Å²) in [5, 5.41) is 2.42. The number of halogens is 1. The molecule has 1 aromatic heterocycles. The number of ether oxygens (including phenoxy) is 1. The lowest BCUT2D eigenvalue weighted by molar-refractivity contribution is 0.0931. The summed E-state index contributed by atoms with van der Waals surface area (Å²) in [7, 11) is 1.41. The Kier molecular flexibility index (Phi) is 6.27. The Labute approximate surface area is 168 Å². The second-order valence-corrected chi connectivity index (χ2v) is 7.32. The lowest BCUT2D eigenvalue weighted by Crippen LogP contribution is -2.32. The van der Waals surface area contributed by atoms with E-state index in [4.69, 9.17) is 4.74 Å². The number of aromatic nitrogens is 1. The van der Waals surface area contributed by atoms with Crippen LogP contribution in [-0.4, -0.2) is 36.0 Å². The summed E-state index contributed by atoms with van der Waals surface area (Å²) in [5.41, 5.74) is 0.338. The molecule has 1 saturated carbocycles. The summed E-state index contributed by atoms with van der Waals surface area (Å²) in [6.45, 7) is 4.08. The first-order valence-corrected chi connectivity index (χ1v) is 9.71. The van der Waals surface area contributed by atoms with Crippen molar-refractivity contribution in [2.24, 2.45) is 5.92 Å². The quantitative estimate of drug-likeness (QED) is 0.691. The molecule has 0 unspecified atom stereocenters. The number of hydrogen-bond acceptors (Lipinski definition) is 4. The molecule has 0 saturated heterocycles. The standard InChI is InChI=1S/C22H25FN2O4/c1-4-29-19-10-15(19)9-18(26)16-8-17(21(27)24-3)22(28)25(12-16)11-14-7-5-6-13(2)20(14)23/h5-8,12,15,19H,4,9-11H2,1-3H3,(H,24,27)/t15-,19-/m1/s1. The van der Waals surface area contributed by atoms with E-state index in [0.29, 0.717) is 17.7 Å². The zero-order chi connectivity index (χ0) is 21.1. The molecular formula is C22H25FN2O4. The van der Waals surface area contributed by atoms with Crippen LogP contribution in [0.2, 0.25) is 0 Å². The van der Waals surface area contributed by atoms with E-state index in [1.54, 1.807) is 25.1 Å². The monoisotopic (exact) mass is 400 g/mol. The largest absolute Gasteiger partial charge is 0.378 e. The number of rotatable bonds is 8. The van der Waals surface area contributed by atoms with E-state index in [2.05, 4.69) is 5.32 Å². The van der Waals surface area contributed by atoms with Gasteiger partial charge in [0.05, 0.1) is 12.6 Å². The molecule has 3 rings (SSSR count). The fourth-order valence-electron chi connectivity index (χ4n) is 3.43. The fraction of sp³-hybridized carbons (Fsp3) is 0.409. The molecule has 1 aliphatic carbocycles. The highest BCUT2D eigenvalue weighted by Gasteiger charge is 2.39. The van der Waals surface area contributed by atoms with Gasteiger partial charge in [-0.25, -0.2) is 4.39 Å². The lowest BCUT2D eigenvalue weighted by atomic mass is 10.0. The van der Waals surface area contributed by atoms with Gasteiger partial charge in [0.15, 0.2) is 5.78 Å². The van der Waals surface area contributed by atoms with Crippen molar-refractivity contribution >= 4 is 11.7 Å². The maximum absolute atomic E-state index is 14.4. The Bertz CT molecular complexity index is 999. The zero-order valence-electron chi connectivity index (χ0n) is 16.8. The number of hydrogen-bond donors (Lipinski definition) is 1. The first-order chi connectivity index (χ1) is 13.8. The number of ketones is 1. The van der Waals surface area contributed by atoms with Crippen LogP contribution in [-0.2, 0) is 11.3 Å². The van der Waals surface area contributed by atoms with Crippen LogP contribution >= 0.6 is 0 Å². The van der Waals surface area contributed by atoms with E-state index >= 15 is 0 Å². The fourth-order valence-corrected chi connectivity index (χ4v) is 3.43. The molecule has 2 aromatic rings. The predicted molar refractivity (Wildman–Crippen MR) is 107 cm³/mol. The molecule has 1 N–H and O–H groups in total. The van der Waals surface area contributed by atoms with Crippen LogP contribution in [0.15, 0.2) is 35.3 Å². The lowest BCUT2D eigenvalue weighted by Gasteiger charge is -2.12. The van der Waals surface area contributed by atoms with E-state index in [9.17, 15) is 18.8 Å². The molecule has 0 bridgehead atoms. The average molecular weight is 400 g/mol. The summed E-state index contributed by atoms with van der Waals surface area (Å²) in [6.07, 6.45) is 2.62. The van der Waals surface area contributed by atoms with E-state index in [1.165, 1.54) is 23.9 Å². The number of nitrogens with one attached hydrogen (secondary N) is 1. The molecule has 0 radical (unpaired) electrons. The number of carbonyl (C=O) groups is 2. The van der Waals surface area contributed by atoms with E-state index in [-0.39, 0.29) is 41.9 Å². The summed E-state index contributed by atoms with van der Waals surface area (Å²) in [4.78, 5) is 37.7. The molecule has 6 nitrogen and oxygen atoms in total. The minimum absolute atomic E-state index is 0.0670. The summed E-state index contributed by atoms with van der Waals surface area (Å²) in [6, 6.07) is 6.25. The van der Waals surface area contributed by atoms with Crippen LogP contribution in [0.5, 0.6) is 0 Å². The number of aryl methyl sites for hydroxylation is 1. The number of benzene rings is 1. The SMILES string of the molecule is CCO[C@@H]1C[C@H]1CC(=O)c1cc(C(=O)NC)c(=O)n(Cc2cccc(C)c2F)c1. The molecule has 1 aliphatic rings. The number of pyridine rings is 1. The molecular weight excluding hydrogens is 375 g/mol. The van der Waals surface area contributed by atoms with E-state index in [0.717, 1.165) is 6.42 Å². The first kappa shape index (κ1) is 20.9. The minimum atomic E-state index is -0.582. The van der Waals surface area contributed by atoms with Crippen LogP contribution in [0, 0.1) is 18.7 Å². The van der Waals surface area contributed by atoms with Crippen LogP contribution in [0.1, 0.15) is 51.6 Å². The van der Waals surface area contributed by atoms with Gasteiger partial charge < -0.3 is 14.6 Å². The highest BCUT2D eigenvalue weighted by molar-refractivity contribution is 6.00. The van der Waals surface area contributed by atoms with Crippen molar-refractivity contribution in [3.8, 4) is 0 Å². The van der Waals surface area contributed by atoms with Crippen molar-refractivity contribution in [3.05, 3.63) is 68.9 Å². The van der Waals surface area contributed by atoms with Gasteiger partial charge in [0.1, 0.15) is 11.4 Å². The van der Waals surface area contributed by atoms with Crippen molar-refractivity contribution in [2.75, 3.05) is 13.7 Å². The van der Waals surface area contributed by atoms with Gasteiger partial charge in [-0.1, -0.05) is 18.2 Å². The second kappa shape index (κ2) is 8.69. The smallest absolute Gasteiger partial charge is 0.263 e. The molecule has 1 heterocycles. The molecule has 29 heavy (non-hydrogen) atoms. The molecule has 1 aromatic carbocycles. The Hall–Kier alpha value is -2.80. The van der Waals surface area contributed by atoms with Gasteiger partial charge in [0.2, 0.25) is 0 Å². The predicted octanol–water partition coefficient (Wildman–Crippen LogP) is 2.70. The van der Waals surface area contributed by atoms with Gasteiger partial charge in [-0.3, -0.25) is 14.4 Å². The normalized spacial score (nSPS) is 17.8. The Morgan fingerprint density at radius 3 is 2.79 bits per heavy atom. The molecule has 1 fully saturated rings. The number of nitrogens with zero attached hydrogens (tertiary/aromatic N) is 1. The van der Waals surface area contributed by atoms with Gasteiger partial charge >= 0.3 is 0 Å². The summed E-state index contributed by atoms with van der Waals surface area (Å²) < 4.78 is 21.2. The van der Waals surface area contributed by atoms with Crippen molar-refractivity contribution in [3.63, 3.8) is 0 Å². The number of carbonyl (C=O) groups excluding carboxylic acids is 2. The van der Waals surface area contributed by atoms with Gasteiger partial charge in [-0.05, 0) is 37.8 Å². The van der Waals surface area contributed by atoms with E-state index < -0.39 is 17.3 Å². The van der Waals surface area contributed by atoms with Crippen molar-refractivity contribution in [1.29, 1.82) is 0 Å². The Morgan fingerprint density at radius 2 is 2.10 bits per heavy atom. The maximum atomic E-state index is 14.4. The third-order valence-corrected chi connectivity index (χ3v) is 5.18. The van der Waals surface area contributed by atoms with Crippen LogP contribution < -0.4 is 10.9 Å². The summed E-state index contributed by atoms with van der Waals surface area (Å²) in [5.74, 6) is -1.00. The van der Waals surface area contributed by atoms with Gasteiger partial charge in [-0.2, -0.15) is 0 Å². The summed E-state index contributed by atoms with van der Waals surface area (Å²) >= 11 is 0. The first-order valence-electron chi connectivity index (χ1n) is 9.71. The number of amides is 1. The third kappa shape index (κ3) is 4.62. The topological polar surface area (TPSA) is 77.4 Å². The molecule has 0 spiro atoms. The van der Waals surface area contributed by atoms with Crippen LogP contribution in [0.4, 0.5) is 4.39 Å². The average Bonchev–Trinajstić information content (AvgIpc) is 3.43. The van der Waals surface area contributed by atoms with Crippen molar-refractivity contribution < 1.29 is 18.7 Å². The van der Waals surface area contributed by atoms with E-state index in [1.807, 2.05) is 6.92 Å². The van der Waals surface area contributed by atoms with Crippen molar-refractivity contribution in [1.82, 2.24) is 9.88 Å². The molecule has 2 atom stereocenters. The number of Topliss-reactive ketones (excluding diaryl/α,β-unsaturated/α-hetero) is 1. The minimum Gasteiger partial charge on any atom is -0.378 e. The van der Waals surface area contributed by atoms with Crippen molar-refractivity contribution in [2.45, 2.75) is 39.3 Å². The highest BCUT2D eigenvalue weighted by Crippen LogP contribution is 2.37. The molecule has 154 valence electrons. The third-order valence-electron chi connectivity index (χ3n) is 5.18.